The summed E-state index contributed by atoms with van der Waals surface area (Å²) in [6, 6.07) is 3.32. The number of hydrogen-bond acceptors (Lipinski definition) is 6. The minimum Gasteiger partial charge on any atom is -0.396 e. The largest absolute Gasteiger partial charge is 0.396 e. The lowest BCUT2D eigenvalue weighted by atomic mass is 9.72. The molecule has 0 atom stereocenters. The molecular weight excluding hydrogens is 335 g/mol. The molecule has 3 rings (SSSR count). The molecule has 4 N–H and O–H groups in total. The fourth-order valence-electron chi connectivity index (χ4n) is 2.66. The maximum Gasteiger partial charge on any atom is 0.238 e. The first-order chi connectivity index (χ1) is 11.4. The first-order valence-electron chi connectivity index (χ1n) is 7.39. The van der Waals surface area contributed by atoms with Crippen LogP contribution in [0.3, 0.4) is 0 Å². The summed E-state index contributed by atoms with van der Waals surface area (Å²) in [5.41, 5.74) is 1.04. The van der Waals surface area contributed by atoms with Gasteiger partial charge in [-0.15, -0.1) is 0 Å². The zero-order valence-corrected chi connectivity index (χ0v) is 13.5. The summed E-state index contributed by atoms with van der Waals surface area (Å²) in [7, 11) is -3.95. The quantitative estimate of drug-likeness (QED) is 0.750. The SMILES string of the molecule is NS(=O)(=O)c1ccc(Nc2ncc(C3CC(CO)C3)cn2)c(F)c1. The van der Waals surface area contributed by atoms with Gasteiger partial charge in [-0.2, -0.15) is 0 Å². The average molecular weight is 352 g/mol. The molecule has 2 aromatic rings. The van der Waals surface area contributed by atoms with Crippen molar-refractivity contribution in [2.24, 2.45) is 11.1 Å². The molecule has 1 heterocycles. The summed E-state index contributed by atoms with van der Waals surface area (Å²) in [4.78, 5) is 7.99. The van der Waals surface area contributed by atoms with Gasteiger partial charge in [0.15, 0.2) is 0 Å². The number of rotatable bonds is 5. The van der Waals surface area contributed by atoms with Gasteiger partial charge in [-0.1, -0.05) is 0 Å². The molecule has 128 valence electrons. The number of aliphatic hydroxyl groups excluding tert-OH is 1. The number of sulfonamides is 1. The predicted octanol–water partition coefficient (Wildman–Crippen LogP) is 1.49. The number of nitrogens with zero attached hydrogens (tertiary/aromatic N) is 2. The molecule has 0 aliphatic heterocycles. The Morgan fingerprint density at radius 2 is 1.96 bits per heavy atom. The monoisotopic (exact) mass is 352 g/mol. The van der Waals surface area contributed by atoms with Crippen LogP contribution in [0.1, 0.15) is 24.3 Å². The van der Waals surface area contributed by atoms with Crippen molar-refractivity contribution in [1.82, 2.24) is 9.97 Å². The second-order valence-electron chi connectivity index (χ2n) is 5.87. The van der Waals surface area contributed by atoms with Crippen molar-refractivity contribution in [2.45, 2.75) is 23.7 Å². The highest BCUT2D eigenvalue weighted by Gasteiger charge is 2.30. The standard InChI is InChI=1S/C15H17FN4O3S/c16-13-5-12(24(17,22)23)1-2-14(13)20-15-18-6-11(7-19-15)10-3-9(4-10)8-21/h1-2,5-7,9-10,21H,3-4,8H2,(H2,17,22,23)(H,18,19,20). The number of anilines is 2. The number of benzene rings is 1. The Morgan fingerprint density at radius 3 is 2.50 bits per heavy atom. The average Bonchev–Trinajstić information content (AvgIpc) is 2.49. The summed E-state index contributed by atoms with van der Waals surface area (Å²) in [5, 5.41) is 16.7. The maximum atomic E-state index is 14.0. The first-order valence-corrected chi connectivity index (χ1v) is 8.93. The van der Waals surface area contributed by atoms with E-state index in [1.807, 2.05) is 0 Å². The molecule has 1 aliphatic rings. The Bertz CT molecular complexity index is 836. The number of primary sulfonamides is 1. The molecule has 1 aliphatic carbocycles. The van der Waals surface area contributed by atoms with E-state index in [-0.39, 0.29) is 23.1 Å². The van der Waals surface area contributed by atoms with Crippen LogP contribution in [0.4, 0.5) is 16.0 Å². The van der Waals surface area contributed by atoms with Crippen molar-refractivity contribution < 1.29 is 17.9 Å². The molecule has 24 heavy (non-hydrogen) atoms. The van der Waals surface area contributed by atoms with Gasteiger partial charge in [0.2, 0.25) is 16.0 Å². The summed E-state index contributed by atoms with van der Waals surface area (Å²) >= 11 is 0. The van der Waals surface area contributed by atoms with Crippen LogP contribution in [0.2, 0.25) is 0 Å². The van der Waals surface area contributed by atoms with Gasteiger partial charge in [-0.25, -0.2) is 27.9 Å². The summed E-state index contributed by atoms with van der Waals surface area (Å²) in [5.74, 6) is 0.138. The number of halogens is 1. The molecule has 9 heteroatoms. The minimum atomic E-state index is -3.95. The zero-order valence-electron chi connectivity index (χ0n) is 12.7. The highest BCUT2D eigenvalue weighted by atomic mass is 32.2. The molecule has 1 fully saturated rings. The molecule has 0 spiro atoms. The number of aliphatic hydroxyl groups is 1. The summed E-state index contributed by atoms with van der Waals surface area (Å²) in [6.07, 6.45) is 5.17. The molecule has 1 saturated carbocycles. The Morgan fingerprint density at radius 1 is 1.29 bits per heavy atom. The van der Waals surface area contributed by atoms with Gasteiger partial charge in [-0.05, 0) is 48.4 Å². The van der Waals surface area contributed by atoms with E-state index in [1.54, 1.807) is 12.4 Å². The summed E-state index contributed by atoms with van der Waals surface area (Å²) < 4.78 is 36.3. The van der Waals surface area contributed by atoms with E-state index in [0.29, 0.717) is 11.8 Å². The topological polar surface area (TPSA) is 118 Å². The number of aromatic nitrogens is 2. The summed E-state index contributed by atoms with van der Waals surface area (Å²) in [6.45, 7) is 0.199. The molecule has 0 saturated heterocycles. The van der Waals surface area contributed by atoms with Crippen molar-refractivity contribution >= 4 is 21.7 Å². The second kappa shape index (κ2) is 6.42. The van der Waals surface area contributed by atoms with E-state index in [0.717, 1.165) is 24.5 Å². The molecule has 0 amide bonds. The van der Waals surface area contributed by atoms with Gasteiger partial charge >= 0.3 is 0 Å². The van der Waals surface area contributed by atoms with Gasteiger partial charge in [0, 0.05) is 19.0 Å². The fraction of sp³-hybridized carbons (Fsp3) is 0.333. The normalized spacial score (nSPS) is 20.5. The van der Waals surface area contributed by atoms with E-state index in [2.05, 4.69) is 15.3 Å². The van der Waals surface area contributed by atoms with Gasteiger partial charge in [0.05, 0.1) is 10.6 Å². The van der Waals surface area contributed by atoms with Crippen molar-refractivity contribution in [3.8, 4) is 0 Å². The molecule has 0 bridgehead atoms. The molecule has 0 radical (unpaired) electrons. The van der Waals surface area contributed by atoms with Crippen LogP contribution in [0.5, 0.6) is 0 Å². The Hall–Kier alpha value is -2.10. The van der Waals surface area contributed by atoms with E-state index in [9.17, 15) is 12.8 Å². The third-order valence-electron chi connectivity index (χ3n) is 4.15. The zero-order chi connectivity index (χ0) is 17.3. The molecule has 0 unspecified atom stereocenters. The van der Waals surface area contributed by atoms with Crippen molar-refractivity contribution in [3.63, 3.8) is 0 Å². The van der Waals surface area contributed by atoms with Crippen LogP contribution < -0.4 is 10.5 Å². The molecule has 1 aromatic heterocycles. The smallest absolute Gasteiger partial charge is 0.238 e. The fourth-order valence-corrected chi connectivity index (χ4v) is 3.19. The minimum absolute atomic E-state index is 0.0548. The highest BCUT2D eigenvalue weighted by molar-refractivity contribution is 7.89. The van der Waals surface area contributed by atoms with Gasteiger partial charge in [0.25, 0.3) is 0 Å². The van der Waals surface area contributed by atoms with Crippen LogP contribution >= 0.6 is 0 Å². The van der Waals surface area contributed by atoms with E-state index >= 15 is 0 Å². The Labute approximate surface area is 138 Å². The lowest BCUT2D eigenvalue weighted by Crippen LogP contribution is -2.24. The maximum absolute atomic E-state index is 14.0. The number of hydrogen-bond donors (Lipinski definition) is 3. The second-order valence-corrected chi connectivity index (χ2v) is 7.43. The Balaban J connectivity index is 1.70. The lowest BCUT2D eigenvalue weighted by molar-refractivity contribution is 0.142. The van der Waals surface area contributed by atoms with Crippen LogP contribution in [0, 0.1) is 11.7 Å². The van der Waals surface area contributed by atoms with Crippen LogP contribution in [0.25, 0.3) is 0 Å². The highest BCUT2D eigenvalue weighted by Crippen LogP contribution is 2.40. The van der Waals surface area contributed by atoms with Crippen LogP contribution in [0.15, 0.2) is 35.5 Å². The lowest BCUT2D eigenvalue weighted by Gasteiger charge is -2.33. The van der Waals surface area contributed by atoms with E-state index in [4.69, 9.17) is 10.2 Å². The van der Waals surface area contributed by atoms with Crippen molar-refractivity contribution in [3.05, 3.63) is 42.0 Å². The first kappa shape index (κ1) is 16.7. The van der Waals surface area contributed by atoms with Gasteiger partial charge < -0.3 is 10.4 Å². The van der Waals surface area contributed by atoms with Crippen molar-refractivity contribution in [2.75, 3.05) is 11.9 Å². The van der Waals surface area contributed by atoms with E-state index in [1.165, 1.54) is 12.1 Å². The van der Waals surface area contributed by atoms with E-state index < -0.39 is 15.8 Å². The molecule has 7 nitrogen and oxygen atoms in total. The molecular formula is C15H17FN4O3S. The number of nitrogens with two attached hydrogens (primary N) is 1. The predicted molar refractivity (Wildman–Crippen MR) is 85.6 cm³/mol. The van der Waals surface area contributed by atoms with Gasteiger partial charge in [-0.3, -0.25) is 0 Å². The molecule has 1 aromatic carbocycles. The Kier molecular flexibility index (Phi) is 4.48. The van der Waals surface area contributed by atoms with Gasteiger partial charge in [0.1, 0.15) is 5.82 Å². The number of nitrogens with one attached hydrogen (secondary N) is 1. The van der Waals surface area contributed by atoms with Crippen LogP contribution in [-0.2, 0) is 10.0 Å². The van der Waals surface area contributed by atoms with Crippen molar-refractivity contribution in [1.29, 1.82) is 0 Å². The van der Waals surface area contributed by atoms with Crippen LogP contribution in [-0.4, -0.2) is 30.1 Å². The third-order valence-corrected chi connectivity index (χ3v) is 5.06. The third kappa shape index (κ3) is 3.53.